The van der Waals surface area contributed by atoms with E-state index in [-0.39, 0.29) is 29.0 Å². The van der Waals surface area contributed by atoms with Gasteiger partial charge in [-0.1, -0.05) is 30.3 Å². The van der Waals surface area contributed by atoms with E-state index in [0.717, 1.165) is 27.3 Å². The molecule has 0 aliphatic carbocycles. The van der Waals surface area contributed by atoms with Crippen LogP contribution in [0.2, 0.25) is 0 Å². The van der Waals surface area contributed by atoms with Crippen molar-refractivity contribution in [2.24, 2.45) is 0 Å². The highest BCUT2D eigenvalue weighted by Gasteiger charge is 2.37. The van der Waals surface area contributed by atoms with Crippen LogP contribution >= 0.6 is 23.7 Å². The number of thiophene rings is 1. The second-order valence-electron chi connectivity index (χ2n) is 8.01. The first-order valence-electron chi connectivity index (χ1n) is 10.4. The number of amides is 1. The van der Waals surface area contributed by atoms with Crippen LogP contribution in [0.15, 0.2) is 48.5 Å². The Hall–Kier alpha value is -3.07. The summed E-state index contributed by atoms with van der Waals surface area (Å²) < 4.78 is 78.9. The molecule has 12 heteroatoms. The van der Waals surface area contributed by atoms with E-state index in [1.54, 1.807) is 0 Å². The number of nitrogens with one attached hydrogen (secondary N) is 1. The normalized spacial score (nSPS) is 13.9. The molecule has 1 aliphatic rings. The van der Waals surface area contributed by atoms with E-state index in [0.29, 0.717) is 38.2 Å². The summed E-state index contributed by atoms with van der Waals surface area (Å²) in [6, 6.07) is 12.4. The van der Waals surface area contributed by atoms with Crippen LogP contribution in [-0.2, 0) is 31.9 Å². The van der Waals surface area contributed by atoms with Gasteiger partial charge in [-0.05, 0) is 35.7 Å². The summed E-state index contributed by atoms with van der Waals surface area (Å²) in [5.41, 5.74) is -1.95. The fourth-order valence-corrected chi connectivity index (χ4v) is 5.14. The second-order valence-corrected chi connectivity index (χ2v) is 9.12. The number of carbonyl (C=O) groups is 1. The second kappa shape index (κ2) is 10.5. The minimum Gasteiger partial charge on any atom is -0.312 e. The third kappa shape index (κ3) is 6.00. The lowest BCUT2D eigenvalue weighted by Crippen LogP contribution is -2.29. The molecule has 0 atom stereocenters. The Labute approximate surface area is 212 Å². The molecule has 0 saturated heterocycles. The molecular formula is C24H18ClF6N3OS. The average molecular weight is 546 g/mol. The van der Waals surface area contributed by atoms with Crippen molar-refractivity contribution in [3.63, 3.8) is 0 Å². The number of hydrogen-bond acceptors (Lipinski definition) is 4. The molecule has 2 aromatic carbocycles. The molecule has 2 heterocycles. The highest BCUT2D eigenvalue weighted by molar-refractivity contribution is 7.16. The molecule has 0 spiro atoms. The van der Waals surface area contributed by atoms with E-state index in [1.807, 2.05) is 36.4 Å². The maximum absolute atomic E-state index is 13.1. The predicted octanol–water partition coefficient (Wildman–Crippen LogP) is 6.89. The lowest BCUT2D eigenvalue weighted by molar-refractivity contribution is -0.143. The van der Waals surface area contributed by atoms with Gasteiger partial charge in [0.15, 0.2) is 0 Å². The zero-order valence-electron chi connectivity index (χ0n) is 18.3. The van der Waals surface area contributed by atoms with Gasteiger partial charge in [-0.25, -0.2) is 0 Å². The first kappa shape index (κ1) is 27.5. The Morgan fingerprint density at radius 1 is 1.03 bits per heavy atom. The SMILES string of the molecule is Cl.N#Cc1c(NC(=O)c2cc(C(F)(F)F)cc(C(F)(F)F)c2)sc2c1CCN(Cc1ccccc1)C2. The van der Waals surface area contributed by atoms with Crippen LogP contribution in [0.4, 0.5) is 31.3 Å². The number of alkyl halides is 6. The summed E-state index contributed by atoms with van der Waals surface area (Å²) in [5, 5.41) is 12.1. The van der Waals surface area contributed by atoms with Gasteiger partial charge in [0.05, 0.1) is 16.7 Å². The molecule has 190 valence electrons. The Morgan fingerprint density at radius 2 is 1.64 bits per heavy atom. The number of anilines is 1. The quantitative estimate of drug-likeness (QED) is 0.363. The largest absolute Gasteiger partial charge is 0.416 e. The summed E-state index contributed by atoms with van der Waals surface area (Å²) in [6.07, 6.45) is -9.62. The molecule has 0 fully saturated rings. The van der Waals surface area contributed by atoms with Crippen LogP contribution in [-0.4, -0.2) is 17.4 Å². The van der Waals surface area contributed by atoms with Crippen molar-refractivity contribution < 1.29 is 31.1 Å². The Morgan fingerprint density at radius 3 is 2.19 bits per heavy atom. The molecular weight excluding hydrogens is 528 g/mol. The van der Waals surface area contributed by atoms with Crippen molar-refractivity contribution in [2.75, 3.05) is 11.9 Å². The van der Waals surface area contributed by atoms with Gasteiger partial charge in [-0.2, -0.15) is 31.6 Å². The summed E-state index contributed by atoms with van der Waals surface area (Å²) in [7, 11) is 0. The van der Waals surface area contributed by atoms with Crippen LogP contribution in [0.3, 0.4) is 0 Å². The van der Waals surface area contributed by atoms with Gasteiger partial charge in [0, 0.05) is 30.1 Å². The molecule has 36 heavy (non-hydrogen) atoms. The van der Waals surface area contributed by atoms with Crippen LogP contribution < -0.4 is 5.32 Å². The molecule has 0 saturated carbocycles. The fraction of sp³-hybridized carbons (Fsp3) is 0.250. The van der Waals surface area contributed by atoms with Gasteiger partial charge >= 0.3 is 12.4 Å². The van der Waals surface area contributed by atoms with Gasteiger partial charge in [-0.15, -0.1) is 23.7 Å². The van der Waals surface area contributed by atoms with E-state index in [4.69, 9.17) is 0 Å². The fourth-order valence-electron chi connectivity index (χ4n) is 3.90. The van der Waals surface area contributed by atoms with E-state index < -0.39 is 35.0 Å². The molecule has 3 aromatic rings. The Balaban J connectivity index is 0.00000361. The lowest BCUT2D eigenvalue weighted by Gasteiger charge is -2.26. The number of hydrogen-bond donors (Lipinski definition) is 1. The number of benzene rings is 2. The minimum atomic E-state index is -5.07. The first-order valence-corrected chi connectivity index (χ1v) is 11.2. The van der Waals surface area contributed by atoms with Gasteiger partial charge in [-0.3, -0.25) is 9.69 Å². The van der Waals surface area contributed by atoms with Crippen molar-refractivity contribution in [2.45, 2.75) is 31.9 Å². The molecule has 4 rings (SSSR count). The van der Waals surface area contributed by atoms with Crippen molar-refractivity contribution in [3.8, 4) is 6.07 Å². The van der Waals surface area contributed by atoms with Gasteiger partial charge in [0.1, 0.15) is 11.1 Å². The van der Waals surface area contributed by atoms with Crippen LogP contribution in [0.1, 0.15) is 43.1 Å². The molecule has 1 N–H and O–H groups in total. The van der Waals surface area contributed by atoms with Gasteiger partial charge < -0.3 is 5.32 Å². The summed E-state index contributed by atoms with van der Waals surface area (Å²) >= 11 is 1.10. The third-order valence-corrected chi connectivity index (χ3v) is 6.71. The topological polar surface area (TPSA) is 56.1 Å². The molecule has 0 radical (unpaired) electrons. The van der Waals surface area contributed by atoms with Gasteiger partial charge in [0.25, 0.3) is 5.91 Å². The number of nitriles is 1. The molecule has 0 bridgehead atoms. The van der Waals surface area contributed by atoms with Gasteiger partial charge in [0.2, 0.25) is 0 Å². The van der Waals surface area contributed by atoms with Crippen molar-refractivity contribution in [1.82, 2.24) is 4.90 Å². The van der Waals surface area contributed by atoms with Crippen molar-refractivity contribution >= 4 is 34.7 Å². The maximum Gasteiger partial charge on any atom is 0.416 e. The number of rotatable bonds is 4. The zero-order valence-corrected chi connectivity index (χ0v) is 20.0. The minimum absolute atomic E-state index is 0. The smallest absolute Gasteiger partial charge is 0.312 e. The monoisotopic (exact) mass is 545 g/mol. The molecule has 1 aromatic heterocycles. The van der Waals surface area contributed by atoms with E-state index >= 15 is 0 Å². The van der Waals surface area contributed by atoms with E-state index in [9.17, 15) is 36.4 Å². The maximum atomic E-state index is 13.1. The zero-order chi connectivity index (χ0) is 25.4. The first-order chi connectivity index (χ1) is 16.5. The third-order valence-electron chi connectivity index (χ3n) is 5.57. The molecule has 1 amide bonds. The Kier molecular flexibility index (Phi) is 8.03. The van der Waals surface area contributed by atoms with E-state index in [1.165, 1.54) is 0 Å². The summed E-state index contributed by atoms with van der Waals surface area (Å²) in [4.78, 5) is 15.7. The van der Waals surface area contributed by atoms with Crippen LogP contribution in [0, 0.1) is 11.3 Å². The van der Waals surface area contributed by atoms with Crippen LogP contribution in [0.25, 0.3) is 0 Å². The Bertz CT molecular complexity index is 1270. The predicted molar refractivity (Wildman–Crippen MR) is 125 cm³/mol. The van der Waals surface area contributed by atoms with E-state index in [2.05, 4.69) is 10.2 Å². The number of fused-ring (bicyclic) bond motifs is 1. The molecule has 4 nitrogen and oxygen atoms in total. The van der Waals surface area contributed by atoms with Crippen molar-refractivity contribution in [3.05, 3.63) is 86.8 Å². The number of halogens is 7. The number of nitrogens with zero attached hydrogens (tertiary/aromatic N) is 2. The summed E-state index contributed by atoms with van der Waals surface area (Å²) in [5.74, 6) is -1.15. The highest BCUT2D eigenvalue weighted by Crippen LogP contribution is 2.39. The lowest BCUT2D eigenvalue weighted by atomic mass is 10.0. The van der Waals surface area contributed by atoms with Crippen LogP contribution in [0.5, 0.6) is 0 Å². The molecule has 0 unspecified atom stereocenters. The summed E-state index contributed by atoms with van der Waals surface area (Å²) in [6.45, 7) is 1.83. The number of carbonyl (C=O) groups excluding carboxylic acids is 1. The van der Waals surface area contributed by atoms with Crippen molar-refractivity contribution in [1.29, 1.82) is 5.26 Å². The highest BCUT2D eigenvalue weighted by atomic mass is 35.5. The molecule has 1 aliphatic heterocycles. The average Bonchev–Trinajstić information content (AvgIpc) is 3.14. The standard InChI is InChI=1S/C24H17F6N3OS.ClH/c25-23(26,27)16-8-15(9-17(10-16)24(28,29)30)21(34)32-22-19(11-31)18-6-7-33(13-20(18)35-22)12-14-4-2-1-3-5-14;/h1-5,8-10H,6-7,12-13H2,(H,32,34);1H.